The van der Waals surface area contributed by atoms with E-state index in [0.29, 0.717) is 0 Å². The third kappa shape index (κ3) is 3.71. The summed E-state index contributed by atoms with van der Waals surface area (Å²) in [6, 6.07) is 2.51. The van der Waals surface area contributed by atoms with Gasteiger partial charge in [-0.3, -0.25) is 9.80 Å². The SMILES string of the molecule is CCCC(CNC1CC1)N1CCN2CCCCC2C1. The van der Waals surface area contributed by atoms with Crippen LogP contribution in [-0.4, -0.2) is 60.6 Å². The lowest BCUT2D eigenvalue weighted by Crippen LogP contribution is -2.58. The van der Waals surface area contributed by atoms with Crippen LogP contribution in [0.5, 0.6) is 0 Å². The van der Waals surface area contributed by atoms with E-state index in [1.807, 2.05) is 0 Å². The molecule has 1 aliphatic carbocycles. The third-order valence-electron chi connectivity index (χ3n) is 5.23. The number of piperidine rings is 1. The summed E-state index contributed by atoms with van der Waals surface area (Å²) in [4.78, 5) is 5.54. The predicted molar refractivity (Wildman–Crippen MR) is 80.5 cm³/mol. The highest BCUT2D eigenvalue weighted by atomic mass is 15.3. The largest absolute Gasteiger partial charge is 0.312 e. The fourth-order valence-corrected chi connectivity index (χ4v) is 3.85. The monoisotopic (exact) mass is 265 g/mol. The summed E-state index contributed by atoms with van der Waals surface area (Å²) >= 11 is 0. The Labute approximate surface area is 118 Å². The first-order valence-electron chi connectivity index (χ1n) is 8.58. The van der Waals surface area contributed by atoms with Crippen molar-refractivity contribution in [2.45, 2.75) is 70.0 Å². The molecule has 0 spiro atoms. The summed E-state index contributed by atoms with van der Waals surface area (Å²) in [5.74, 6) is 0. The molecule has 2 saturated heterocycles. The van der Waals surface area contributed by atoms with Gasteiger partial charge in [0.2, 0.25) is 0 Å². The van der Waals surface area contributed by atoms with Gasteiger partial charge in [0.05, 0.1) is 0 Å². The van der Waals surface area contributed by atoms with Gasteiger partial charge in [-0.25, -0.2) is 0 Å². The van der Waals surface area contributed by atoms with Crippen LogP contribution >= 0.6 is 0 Å². The molecule has 19 heavy (non-hydrogen) atoms. The zero-order valence-electron chi connectivity index (χ0n) is 12.6. The van der Waals surface area contributed by atoms with E-state index in [1.165, 1.54) is 77.7 Å². The second-order valence-corrected chi connectivity index (χ2v) is 6.81. The van der Waals surface area contributed by atoms with Crippen molar-refractivity contribution in [1.29, 1.82) is 0 Å². The number of hydrogen-bond acceptors (Lipinski definition) is 3. The van der Waals surface area contributed by atoms with E-state index in [4.69, 9.17) is 0 Å². The maximum atomic E-state index is 3.76. The molecule has 2 atom stereocenters. The molecule has 0 radical (unpaired) electrons. The van der Waals surface area contributed by atoms with E-state index in [-0.39, 0.29) is 0 Å². The van der Waals surface area contributed by atoms with Crippen LogP contribution in [0.2, 0.25) is 0 Å². The molecule has 3 aliphatic rings. The number of piperazine rings is 1. The molecule has 0 amide bonds. The number of rotatable bonds is 6. The molecule has 0 aromatic heterocycles. The van der Waals surface area contributed by atoms with E-state index in [1.54, 1.807) is 0 Å². The minimum atomic E-state index is 0.787. The highest BCUT2D eigenvalue weighted by Crippen LogP contribution is 2.24. The highest BCUT2D eigenvalue weighted by molar-refractivity contribution is 4.90. The van der Waals surface area contributed by atoms with E-state index >= 15 is 0 Å². The Balaban J connectivity index is 1.52. The fraction of sp³-hybridized carbons (Fsp3) is 1.00. The number of nitrogens with zero attached hydrogens (tertiary/aromatic N) is 2. The average Bonchev–Trinajstić information content (AvgIpc) is 3.27. The third-order valence-corrected chi connectivity index (χ3v) is 5.23. The Morgan fingerprint density at radius 3 is 2.79 bits per heavy atom. The maximum Gasteiger partial charge on any atom is 0.0223 e. The zero-order chi connectivity index (χ0) is 13.1. The first kappa shape index (κ1) is 13.8. The fourth-order valence-electron chi connectivity index (χ4n) is 3.85. The van der Waals surface area contributed by atoms with Crippen molar-refractivity contribution in [2.24, 2.45) is 0 Å². The lowest BCUT2D eigenvalue weighted by atomic mass is 9.97. The van der Waals surface area contributed by atoms with Gasteiger partial charge in [-0.1, -0.05) is 19.8 Å². The molecule has 1 N–H and O–H groups in total. The second kappa shape index (κ2) is 6.55. The normalized spacial score (nSPS) is 31.1. The molecular formula is C16H31N3. The van der Waals surface area contributed by atoms with Gasteiger partial charge >= 0.3 is 0 Å². The molecule has 3 nitrogen and oxygen atoms in total. The van der Waals surface area contributed by atoms with Gasteiger partial charge in [-0.15, -0.1) is 0 Å². The minimum absolute atomic E-state index is 0.787. The van der Waals surface area contributed by atoms with Crippen molar-refractivity contribution in [1.82, 2.24) is 15.1 Å². The second-order valence-electron chi connectivity index (χ2n) is 6.81. The Morgan fingerprint density at radius 2 is 2.00 bits per heavy atom. The summed E-state index contributed by atoms with van der Waals surface area (Å²) in [7, 11) is 0. The van der Waals surface area contributed by atoms with Crippen LogP contribution in [0.1, 0.15) is 51.9 Å². The van der Waals surface area contributed by atoms with Gasteiger partial charge in [0, 0.05) is 44.3 Å². The molecule has 0 aromatic rings. The van der Waals surface area contributed by atoms with Gasteiger partial charge in [-0.2, -0.15) is 0 Å². The van der Waals surface area contributed by atoms with E-state index in [0.717, 1.165) is 18.1 Å². The van der Waals surface area contributed by atoms with Crippen molar-refractivity contribution in [3.63, 3.8) is 0 Å². The van der Waals surface area contributed by atoms with Crippen LogP contribution in [0.25, 0.3) is 0 Å². The highest BCUT2D eigenvalue weighted by Gasteiger charge is 2.32. The molecule has 3 rings (SSSR count). The first-order valence-corrected chi connectivity index (χ1v) is 8.58. The Hall–Kier alpha value is -0.120. The molecule has 2 aliphatic heterocycles. The van der Waals surface area contributed by atoms with Crippen molar-refractivity contribution in [3.8, 4) is 0 Å². The lowest BCUT2D eigenvalue weighted by Gasteiger charge is -2.46. The van der Waals surface area contributed by atoms with Crippen molar-refractivity contribution in [3.05, 3.63) is 0 Å². The lowest BCUT2D eigenvalue weighted by molar-refractivity contribution is 0.0251. The molecular weight excluding hydrogens is 234 g/mol. The van der Waals surface area contributed by atoms with E-state index in [2.05, 4.69) is 22.0 Å². The predicted octanol–water partition coefficient (Wildman–Crippen LogP) is 2.08. The molecule has 2 unspecified atom stereocenters. The summed E-state index contributed by atoms with van der Waals surface area (Å²) in [5.41, 5.74) is 0. The summed E-state index contributed by atoms with van der Waals surface area (Å²) in [6.07, 6.45) is 9.83. The molecule has 1 saturated carbocycles. The van der Waals surface area contributed by atoms with E-state index in [9.17, 15) is 0 Å². The van der Waals surface area contributed by atoms with Gasteiger partial charge in [0.25, 0.3) is 0 Å². The minimum Gasteiger partial charge on any atom is -0.312 e. The molecule has 0 bridgehead atoms. The van der Waals surface area contributed by atoms with Crippen LogP contribution < -0.4 is 5.32 Å². The summed E-state index contributed by atoms with van der Waals surface area (Å²) in [6.45, 7) is 8.86. The van der Waals surface area contributed by atoms with Crippen LogP contribution in [0, 0.1) is 0 Å². The van der Waals surface area contributed by atoms with E-state index < -0.39 is 0 Å². The average molecular weight is 265 g/mol. The molecule has 3 fully saturated rings. The van der Waals surface area contributed by atoms with Crippen LogP contribution in [0.4, 0.5) is 0 Å². The molecule has 110 valence electrons. The van der Waals surface area contributed by atoms with Crippen molar-refractivity contribution < 1.29 is 0 Å². The van der Waals surface area contributed by atoms with Crippen LogP contribution in [-0.2, 0) is 0 Å². The van der Waals surface area contributed by atoms with Gasteiger partial charge in [-0.05, 0) is 38.6 Å². The van der Waals surface area contributed by atoms with Gasteiger partial charge < -0.3 is 5.32 Å². The quantitative estimate of drug-likeness (QED) is 0.793. The maximum absolute atomic E-state index is 3.76. The number of hydrogen-bond donors (Lipinski definition) is 1. The number of fused-ring (bicyclic) bond motifs is 1. The summed E-state index contributed by atoms with van der Waals surface area (Å²) < 4.78 is 0. The first-order chi connectivity index (χ1) is 9.36. The van der Waals surface area contributed by atoms with Gasteiger partial charge in [0.15, 0.2) is 0 Å². The Morgan fingerprint density at radius 1 is 1.11 bits per heavy atom. The summed E-state index contributed by atoms with van der Waals surface area (Å²) in [5, 5.41) is 3.76. The van der Waals surface area contributed by atoms with Crippen LogP contribution in [0.15, 0.2) is 0 Å². The molecule has 0 aromatic carbocycles. The van der Waals surface area contributed by atoms with Crippen molar-refractivity contribution in [2.75, 3.05) is 32.7 Å². The van der Waals surface area contributed by atoms with Gasteiger partial charge in [0.1, 0.15) is 0 Å². The standard InChI is InChI=1S/C16H31N3/c1-2-5-15(12-17-14-7-8-14)19-11-10-18-9-4-3-6-16(18)13-19/h14-17H,2-13H2,1H3. The molecule has 3 heteroatoms. The molecule has 2 heterocycles. The zero-order valence-corrected chi connectivity index (χ0v) is 12.6. The van der Waals surface area contributed by atoms with Crippen molar-refractivity contribution >= 4 is 0 Å². The Bertz CT molecular complexity index is 277. The topological polar surface area (TPSA) is 18.5 Å². The number of nitrogens with one attached hydrogen (secondary N) is 1. The van der Waals surface area contributed by atoms with Crippen LogP contribution in [0.3, 0.4) is 0 Å². The Kier molecular flexibility index (Phi) is 4.78. The smallest absolute Gasteiger partial charge is 0.0223 e.